The topological polar surface area (TPSA) is 56.6 Å². The zero-order valence-corrected chi connectivity index (χ0v) is 21.4. The van der Waals surface area contributed by atoms with E-state index in [0.717, 1.165) is 39.2 Å². The van der Waals surface area contributed by atoms with Crippen molar-refractivity contribution in [2.24, 2.45) is 0 Å². The van der Waals surface area contributed by atoms with Crippen molar-refractivity contribution in [3.8, 4) is 11.8 Å². The molecule has 7 heteroatoms. The molecule has 1 saturated heterocycles. The van der Waals surface area contributed by atoms with E-state index in [2.05, 4.69) is 45.7 Å². The van der Waals surface area contributed by atoms with Crippen LogP contribution < -0.4 is 9.64 Å². The van der Waals surface area contributed by atoms with Crippen LogP contribution >= 0.6 is 34.2 Å². The van der Waals surface area contributed by atoms with E-state index in [1.54, 1.807) is 11.0 Å². The first-order chi connectivity index (χ1) is 16.5. The zero-order valence-electron chi connectivity index (χ0n) is 18.5. The van der Waals surface area contributed by atoms with Crippen LogP contribution in [0.5, 0.6) is 5.75 Å². The molecule has 0 aromatic heterocycles. The molecule has 1 aliphatic rings. The largest absolute Gasteiger partial charge is 0.488 e. The van der Waals surface area contributed by atoms with Crippen molar-refractivity contribution in [2.75, 3.05) is 31.1 Å². The van der Waals surface area contributed by atoms with Gasteiger partial charge in [0, 0.05) is 42.5 Å². The van der Waals surface area contributed by atoms with E-state index in [0.29, 0.717) is 24.7 Å². The van der Waals surface area contributed by atoms with Crippen LogP contribution in [0.15, 0.2) is 78.4 Å². The summed E-state index contributed by atoms with van der Waals surface area (Å²) in [5.41, 5.74) is 2.97. The average molecular weight is 584 g/mol. The summed E-state index contributed by atoms with van der Waals surface area (Å²) in [5.74, 6) is 0.490. The average Bonchev–Trinajstić information content (AvgIpc) is 2.88. The Morgan fingerprint density at radius 2 is 1.74 bits per heavy atom. The van der Waals surface area contributed by atoms with Crippen LogP contribution in [-0.2, 0) is 11.4 Å². The summed E-state index contributed by atoms with van der Waals surface area (Å²) >= 11 is 8.40. The lowest BCUT2D eigenvalue weighted by Crippen LogP contribution is -2.49. The number of piperazine rings is 1. The molecule has 5 nitrogen and oxygen atoms in total. The normalized spacial score (nSPS) is 14.0. The Balaban J connectivity index is 1.40. The number of hydrogen-bond acceptors (Lipinski definition) is 4. The van der Waals surface area contributed by atoms with Crippen LogP contribution in [0.3, 0.4) is 0 Å². The number of carbonyl (C=O) groups is 1. The highest BCUT2D eigenvalue weighted by atomic mass is 127. The monoisotopic (exact) mass is 583 g/mol. The minimum absolute atomic E-state index is 0.133. The minimum Gasteiger partial charge on any atom is -0.488 e. The maximum absolute atomic E-state index is 13.0. The van der Waals surface area contributed by atoms with E-state index >= 15 is 0 Å². The van der Waals surface area contributed by atoms with Crippen molar-refractivity contribution >= 4 is 51.9 Å². The van der Waals surface area contributed by atoms with E-state index in [1.807, 2.05) is 60.7 Å². The number of hydrogen-bond donors (Lipinski definition) is 0. The summed E-state index contributed by atoms with van der Waals surface area (Å²) in [7, 11) is 0. The van der Waals surface area contributed by atoms with Crippen molar-refractivity contribution in [1.29, 1.82) is 5.26 Å². The molecule has 0 N–H and O–H groups in total. The Labute approximate surface area is 218 Å². The molecule has 3 aromatic carbocycles. The van der Waals surface area contributed by atoms with Crippen LogP contribution in [0.4, 0.5) is 5.69 Å². The lowest BCUT2D eigenvalue weighted by atomic mass is 10.1. The zero-order chi connectivity index (χ0) is 23.9. The van der Waals surface area contributed by atoms with E-state index < -0.39 is 0 Å². The highest BCUT2D eigenvalue weighted by molar-refractivity contribution is 14.1. The molecule has 0 radical (unpaired) electrons. The number of halogens is 2. The van der Waals surface area contributed by atoms with Gasteiger partial charge in [-0.05, 0) is 64.6 Å². The first kappa shape index (κ1) is 24.1. The molecule has 0 aliphatic carbocycles. The standard InChI is InChI=1S/C27H23ClIN3O2/c28-24-9-5-4-6-21(24)19-34-26-11-10-20(17-25(26)29)16-22(18-30)27(33)32-14-12-31(13-15-32)23-7-2-1-3-8-23/h1-11,16-17H,12-15,19H2/b22-16-. The van der Waals surface area contributed by atoms with E-state index in [-0.39, 0.29) is 11.5 Å². The highest BCUT2D eigenvalue weighted by Crippen LogP contribution is 2.26. The lowest BCUT2D eigenvalue weighted by Gasteiger charge is -2.36. The van der Waals surface area contributed by atoms with Gasteiger partial charge < -0.3 is 14.5 Å². The summed E-state index contributed by atoms with van der Waals surface area (Å²) < 4.78 is 6.81. The molecule has 0 atom stereocenters. The number of para-hydroxylation sites is 1. The first-order valence-corrected chi connectivity index (χ1v) is 12.4. The van der Waals surface area contributed by atoms with Gasteiger partial charge in [-0.3, -0.25) is 4.79 Å². The maximum Gasteiger partial charge on any atom is 0.264 e. The second-order valence-electron chi connectivity index (χ2n) is 7.85. The molecule has 4 rings (SSSR count). The third-order valence-electron chi connectivity index (χ3n) is 5.65. The number of rotatable bonds is 6. The third-order valence-corrected chi connectivity index (χ3v) is 6.86. The van der Waals surface area contributed by atoms with Gasteiger partial charge in [0.05, 0.1) is 3.57 Å². The predicted molar refractivity (Wildman–Crippen MR) is 144 cm³/mol. The van der Waals surface area contributed by atoms with Gasteiger partial charge in [0.25, 0.3) is 5.91 Å². The molecule has 0 unspecified atom stereocenters. The number of nitriles is 1. The number of ether oxygens (including phenoxy) is 1. The van der Waals surface area contributed by atoms with Gasteiger partial charge in [0.15, 0.2) is 0 Å². The van der Waals surface area contributed by atoms with Crippen LogP contribution in [0.2, 0.25) is 5.02 Å². The molecule has 3 aromatic rings. The van der Waals surface area contributed by atoms with Gasteiger partial charge in [-0.25, -0.2) is 0 Å². The van der Waals surface area contributed by atoms with Crippen LogP contribution in [-0.4, -0.2) is 37.0 Å². The Kier molecular flexibility index (Phi) is 8.09. The molecule has 0 bridgehead atoms. The van der Waals surface area contributed by atoms with Gasteiger partial charge in [0.1, 0.15) is 24.0 Å². The van der Waals surface area contributed by atoms with E-state index in [9.17, 15) is 10.1 Å². The van der Waals surface area contributed by atoms with Gasteiger partial charge >= 0.3 is 0 Å². The number of amides is 1. The molecule has 1 aliphatic heterocycles. The molecule has 1 fully saturated rings. The van der Waals surface area contributed by atoms with Crippen molar-refractivity contribution in [1.82, 2.24) is 4.90 Å². The Morgan fingerprint density at radius 3 is 2.41 bits per heavy atom. The Morgan fingerprint density at radius 1 is 1.03 bits per heavy atom. The molecule has 1 heterocycles. The lowest BCUT2D eigenvalue weighted by molar-refractivity contribution is -0.126. The van der Waals surface area contributed by atoms with E-state index in [1.165, 1.54) is 0 Å². The van der Waals surface area contributed by atoms with E-state index in [4.69, 9.17) is 16.3 Å². The summed E-state index contributed by atoms with van der Waals surface area (Å²) in [6, 6.07) is 25.4. The fraction of sp³-hybridized carbons (Fsp3) is 0.185. The summed E-state index contributed by atoms with van der Waals surface area (Å²) in [6.45, 7) is 3.01. The molecule has 34 heavy (non-hydrogen) atoms. The van der Waals surface area contributed by atoms with Crippen LogP contribution in [0.1, 0.15) is 11.1 Å². The minimum atomic E-state index is -0.232. The van der Waals surface area contributed by atoms with Crippen LogP contribution in [0, 0.1) is 14.9 Å². The summed E-state index contributed by atoms with van der Waals surface area (Å²) in [6.07, 6.45) is 1.64. The fourth-order valence-electron chi connectivity index (χ4n) is 3.78. The van der Waals surface area contributed by atoms with Gasteiger partial charge in [0.2, 0.25) is 0 Å². The van der Waals surface area contributed by atoms with Crippen molar-refractivity contribution in [3.05, 3.63) is 98.1 Å². The molecule has 172 valence electrons. The van der Waals surface area contributed by atoms with Crippen molar-refractivity contribution in [2.45, 2.75) is 6.61 Å². The third kappa shape index (κ3) is 5.91. The number of carbonyl (C=O) groups excluding carboxylic acids is 1. The molecule has 0 saturated carbocycles. The Hall–Kier alpha value is -3.02. The number of benzene rings is 3. The summed E-state index contributed by atoms with van der Waals surface area (Å²) in [4.78, 5) is 17.0. The first-order valence-electron chi connectivity index (χ1n) is 10.9. The second kappa shape index (κ2) is 11.4. The van der Waals surface area contributed by atoms with Gasteiger partial charge in [-0.2, -0.15) is 5.26 Å². The molecule has 1 amide bonds. The second-order valence-corrected chi connectivity index (χ2v) is 9.42. The van der Waals surface area contributed by atoms with Crippen molar-refractivity contribution < 1.29 is 9.53 Å². The van der Waals surface area contributed by atoms with Gasteiger partial charge in [-0.1, -0.05) is 54.1 Å². The summed E-state index contributed by atoms with van der Waals surface area (Å²) in [5, 5.41) is 10.3. The maximum atomic E-state index is 13.0. The molecular formula is C27H23ClIN3O2. The fourth-order valence-corrected chi connectivity index (χ4v) is 4.67. The quantitative estimate of drug-likeness (QED) is 0.210. The molecular weight excluding hydrogens is 561 g/mol. The Bertz CT molecular complexity index is 1230. The van der Waals surface area contributed by atoms with Crippen LogP contribution in [0.25, 0.3) is 6.08 Å². The number of anilines is 1. The molecule has 0 spiro atoms. The SMILES string of the molecule is N#C/C(=C/c1ccc(OCc2ccccc2Cl)c(I)c1)C(=O)N1CCN(c2ccccc2)CC1. The van der Waals surface area contributed by atoms with Crippen molar-refractivity contribution in [3.63, 3.8) is 0 Å². The highest BCUT2D eigenvalue weighted by Gasteiger charge is 2.24. The van der Waals surface area contributed by atoms with Gasteiger partial charge in [-0.15, -0.1) is 0 Å². The number of nitrogens with zero attached hydrogens (tertiary/aromatic N) is 3. The predicted octanol–water partition coefficient (Wildman–Crippen LogP) is 5.78. The smallest absolute Gasteiger partial charge is 0.264 e.